The van der Waals surface area contributed by atoms with Gasteiger partial charge in [-0.25, -0.2) is 9.97 Å². The molecule has 0 aliphatic carbocycles. The van der Waals surface area contributed by atoms with Crippen molar-refractivity contribution in [1.82, 2.24) is 14.9 Å². The van der Waals surface area contributed by atoms with Crippen molar-refractivity contribution in [1.29, 1.82) is 0 Å². The van der Waals surface area contributed by atoms with Crippen molar-refractivity contribution >= 4 is 38.3 Å². The first-order valence-corrected chi connectivity index (χ1v) is 7.84. The van der Waals surface area contributed by atoms with Crippen LogP contribution in [0.3, 0.4) is 0 Å². The third kappa shape index (κ3) is 3.43. The fourth-order valence-electron chi connectivity index (χ4n) is 2.28. The van der Waals surface area contributed by atoms with Gasteiger partial charge in [0.25, 0.3) is 0 Å². The van der Waals surface area contributed by atoms with E-state index in [0.717, 1.165) is 32.7 Å². The van der Waals surface area contributed by atoms with Crippen molar-refractivity contribution in [3.63, 3.8) is 0 Å². The van der Waals surface area contributed by atoms with Gasteiger partial charge in [0.2, 0.25) is 0 Å². The molecule has 0 radical (unpaired) electrons. The van der Waals surface area contributed by atoms with Gasteiger partial charge in [0.1, 0.15) is 11.6 Å². The van der Waals surface area contributed by atoms with Gasteiger partial charge in [-0.15, -0.1) is 0 Å². The third-order valence-corrected chi connectivity index (χ3v) is 3.69. The first-order valence-electron chi connectivity index (χ1n) is 7.05. The van der Waals surface area contributed by atoms with E-state index in [1.807, 2.05) is 62.6 Å². The number of rotatable bonds is 4. The molecular weight excluding hydrogens is 340 g/mol. The Hall–Kier alpha value is -1.98. The van der Waals surface area contributed by atoms with Gasteiger partial charge in [-0.3, -0.25) is 0 Å². The zero-order chi connectivity index (χ0) is 15.5. The first-order chi connectivity index (χ1) is 10.6. The molecule has 1 aromatic heterocycles. The molecule has 0 spiro atoms. The van der Waals surface area contributed by atoms with Crippen LogP contribution >= 0.6 is 15.9 Å². The minimum Gasteiger partial charge on any atom is -0.340 e. The number of aromatic nitrogens is 2. The van der Waals surface area contributed by atoms with Crippen molar-refractivity contribution in [2.75, 3.05) is 19.4 Å². The molecule has 2 aromatic carbocycles. The summed E-state index contributed by atoms with van der Waals surface area (Å²) in [6.45, 7) is 0.706. The van der Waals surface area contributed by atoms with Gasteiger partial charge in [-0.1, -0.05) is 34.1 Å². The molecule has 5 heteroatoms. The van der Waals surface area contributed by atoms with Gasteiger partial charge in [0, 0.05) is 15.5 Å². The monoisotopic (exact) mass is 356 g/mol. The van der Waals surface area contributed by atoms with E-state index in [9.17, 15) is 0 Å². The molecule has 0 atom stereocenters. The van der Waals surface area contributed by atoms with E-state index in [1.54, 1.807) is 0 Å². The summed E-state index contributed by atoms with van der Waals surface area (Å²) in [7, 11) is 4.03. The number of nitrogens with one attached hydrogen (secondary N) is 1. The summed E-state index contributed by atoms with van der Waals surface area (Å²) in [5, 5.41) is 4.42. The van der Waals surface area contributed by atoms with Gasteiger partial charge < -0.3 is 10.2 Å². The summed E-state index contributed by atoms with van der Waals surface area (Å²) in [6, 6.07) is 16.1. The fourth-order valence-corrected chi connectivity index (χ4v) is 2.68. The highest BCUT2D eigenvalue weighted by atomic mass is 79.9. The minimum absolute atomic E-state index is 0.706. The normalized spacial score (nSPS) is 11.1. The van der Waals surface area contributed by atoms with E-state index in [4.69, 9.17) is 0 Å². The Bertz CT molecular complexity index is 802. The van der Waals surface area contributed by atoms with Crippen LogP contribution < -0.4 is 5.32 Å². The van der Waals surface area contributed by atoms with Crippen LogP contribution in [-0.4, -0.2) is 29.0 Å². The molecule has 1 N–H and O–H groups in total. The molecule has 112 valence electrons. The highest BCUT2D eigenvalue weighted by molar-refractivity contribution is 9.10. The molecule has 22 heavy (non-hydrogen) atoms. The maximum Gasteiger partial charge on any atom is 0.145 e. The van der Waals surface area contributed by atoms with Crippen LogP contribution in [-0.2, 0) is 6.54 Å². The average Bonchev–Trinajstić information content (AvgIpc) is 2.46. The lowest BCUT2D eigenvalue weighted by atomic mass is 10.2. The quantitative estimate of drug-likeness (QED) is 0.760. The number of para-hydroxylation sites is 1. The van der Waals surface area contributed by atoms with E-state index in [-0.39, 0.29) is 0 Å². The van der Waals surface area contributed by atoms with Gasteiger partial charge in [0.05, 0.1) is 12.1 Å². The smallest absolute Gasteiger partial charge is 0.145 e. The summed E-state index contributed by atoms with van der Waals surface area (Å²) in [4.78, 5) is 11.4. The van der Waals surface area contributed by atoms with Crippen LogP contribution in [0.15, 0.2) is 53.0 Å². The number of hydrogen-bond acceptors (Lipinski definition) is 4. The summed E-state index contributed by atoms with van der Waals surface area (Å²) >= 11 is 3.49. The lowest BCUT2D eigenvalue weighted by Gasteiger charge is -2.13. The Labute approximate surface area is 138 Å². The maximum atomic E-state index is 4.69. The summed E-state index contributed by atoms with van der Waals surface area (Å²) in [5.41, 5.74) is 1.95. The summed E-state index contributed by atoms with van der Waals surface area (Å²) < 4.78 is 1.03. The molecule has 0 bridgehead atoms. The largest absolute Gasteiger partial charge is 0.340 e. The van der Waals surface area contributed by atoms with Crippen molar-refractivity contribution < 1.29 is 0 Å². The topological polar surface area (TPSA) is 41.1 Å². The Morgan fingerprint density at radius 1 is 1.05 bits per heavy atom. The van der Waals surface area contributed by atoms with E-state index in [1.165, 1.54) is 0 Å². The summed E-state index contributed by atoms with van der Waals surface area (Å²) in [6.07, 6.45) is 0. The Morgan fingerprint density at radius 2 is 1.86 bits per heavy atom. The SMILES string of the molecule is CN(C)Cc1nc(Nc2cccc(Br)c2)c2ccccc2n1. The lowest BCUT2D eigenvalue weighted by molar-refractivity contribution is 0.391. The third-order valence-electron chi connectivity index (χ3n) is 3.19. The fraction of sp³-hybridized carbons (Fsp3) is 0.176. The highest BCUT2D eigenvalue weighted by Gasteiger charge is 2.08. The Balaban J connectivity index is 2.06. The molecule has 4 nitrogen and oxygen atoms in total. The van der Waals surface area contributed by atoms with Crippen LogP contribution in [0, 0.1) is 0 Å². The standard InChI is InChI=1S/C17H17BrN4/c1-22(2)11-16-20-15-9-4-3-8-14(15)17(21-16)19-13-7-5-6-12(18)10-13/h3-10H,11H2,1-2H3,(H,19,20,21). The minimum atomic E-state index is 0.706. The van der Waals surface area contributed by atoms with E-state index >= 15 is 0 Å². The van der Waals surface area contributed by atoms with Crippen LogP contribution in [0.5, 0.6) is 0 Å². The van der Waals surface area contributed by atoms with Gasteiger partial charge >= 0.3 is 0 Å². The van der Waals surface area contributed by atoms with Crippen LogP contribution in [0.4, 0.5) is 11.5 Å². The Kier molecular flexibility index (Phi) is 4.36. The molecule has 0 aliphatic rings. The molecule has 0 amide bonds. The first kappa shape index (κ1) is 14.9. The second kappa shape index (κ2) is 6.42. The van der Waals surface area contributed by atoms with Crippen LogP contribution in [0.25, 0.3) is 10.9 Å². The number of nitrogens with zero attached hydrogens (tertiary/aromatic N) is 3. The van der Waals surface area contributed by atoms with E-state index in [2.05, 4.69) is 36.1 Å². The van der Waals surface area contributed by atoms with Crippen molar-refractivity contribution in [3.05, 3.63) is 58.8 Å². The molecule has 0 aliphatic heterocycles. The van der Waals surface area contributed by atoms with Gasteiger partial charge in [-0.05, 0) is 44.4 Å². The average molecular weight is 357 g/mol. The molecule has 0 unspecified atom stereocenters. The van der Waals surface area contributed by atoms with Crippen LogP contribution in [0.1, 0.15) is 5.82 Å². The lowest BCUT2D eigenvalue weighted by Crippen LogP contribution is -2.14. The molecule has 1 heterocycles. The van der Waals surface area contributed by atoms with Crippen molar-refractivity contribution in [2.45, 2.75) is 6.54 Å². The van der Waals surface area contributed by atoms with Crippen LogP contribution in [0.2, 0.25) is 0 Å². The molecule has 3 aromatic rings. The van der Waals surface area contributed by atoms with Gasteiger partial charge in [-0.2, -0.15) is 0 Å². The van der Waals surface area contributed by atoms with Gasteiger partial charge in [0.15, 0.2) is 0 Å². The predicted molar refractivity (Wildman–Crippen MR) is 94.4 cm³/mol. The maximum absolute atomic E-state index is 4.69. The molecular formula is C17H17BrN4. The predicted octanol–water partition coefficient (Wildman–Crippen LogP) is 4.20. The number of hydrogen-bond donors (Lipinski definition) is 1. The molecule has 0 saturated heterocycles. The van der Waals surface area contributed by atoms with Crippen molar-refractivity contribution in [2.24, 2.45) is 0 Å². The number of fused-ring (bicyclic) bond motifs is 1. The highest BCUT2D eigenvalue weighted by Crippen LogP contribution is 2.25. The van der Waals surface area contributed by atoms with E-state index in [0.29, 0.717) is 6.54 Å². The molecule has 0 fully saturated rings. The second-order valence-electron chi connectivity index (χ2n) is 5.38. The van der Waals surface area contributed by atoms with E-state index < -0.39 is 0 Å². The van der Waals surface area contributed by atoms with Crippen molar-refractivity contribution in [3.8, 4) is 0 Å². The molecule has 0 saturated carbocycles. The Morgan fingerprint density at radius 3 is 2.64 bits per heavy atom. The number of benzene rings is 2. The molecule has 3 rings (SSSR count). The number of halogens is 1. The zero-order valence-corrected chi connectivity index (χ0v) is 14.1. The summed E-state index contributed by atoms with van der Waals surface area (Å²) in [5.74, 6) is 1.64. The number of anilines is 2. The zero-order valence-electron chi connectivity index (χ0n) is 12.5. The second-order valence-corrected chi connectivity index (χ2v) is 6.29.